The zero-order chi connectivity index (χ0) is 19.9. The molecule has 0 saturated heterocycles. The van der Waals surface area contributed by atoms with E-state index in [2.05, 4.69) is 50.5 Å². The summed E-state index contributed by atoms with van der Waals surface area (Å²) in [5.41, 5.74) is 0. The average Bonchev–Trinajstić information content (AvgIpc) is 2.61. The number of thiol groups is 4. The fraction of sp³-hybridized carbons (Fsp3) is 0.714. The number of esters is 2. The summed E-state index contributed by atoms with van der Waals surface area (Å²) in [4.78, 5) is 46.1. The van der Waals surface area contributed by atoms with Crippen molar-refractivity contribution in [3.8, 4) is 0 Å². The van der Waals surface area contributed by atoms with Crippen molar-refractivity contribution in [1.29, 1.82) is 0 Å². The van der Waals surface area contributed by atoms with Gasteiger partial charge < -0.3 is 9.47 Å². The van der Waals surface area contributed by atoms with Gasteiger partial charge in [-0.15, -0.1) is 0 Å². The number of carbonyl (C=O) groups excluding carboxylic acids is 4. The highest BCUT2D eigenvalue weighted by atomic mass is 33.1. The highest BCUT2D eigenvalue weighted by Crippen LogP contribution is 2.22. The minimum atomic E-state index is -0.607. The SMILES string of the molecule is O=C(CSSCC(=O)CC(=O)OCC(S)CS)CC(=O)OCC(S)CS. The van der Waals surface area contributed by atoms with Crippen molar-refractivity contribution in [3.05, 3.63) is 0 Å². The quantitative estimate of drug-likeness (QED) is 0.0933. The Morgan fingerprint density at radius 1 is 0.731 bits per heavy atom. The predicted octanol–water partition coefficient (Wildman–Crippen LogP) is 1.83. The summed E-state index contributed by atoms with van der Waals surface area (Å²) in [5.74, 6) is -0.756. The van der Waals surface area contributed by atoms with E-state index in [-0.39, 0.29) is 59.6 Å². The third kappa shape index (κ3) is 15.4. The summed E-state index contributed by atoms with van der Waals surface area (Å²) in [6, 6.07) is 0. The first-order valence-corrected chi connectivity index (χ1v) is 12.2. The summed E-state index contributed by atoms with van der Waals surface area (Å²) in [6.45, 7) is 0.209. The standard InChI is InChI=1S/C14H22O6S6/c15-9(1-13(17)19-3-11(23)5-21)7-25-26-8-10(16)2-14(18)20-4-12(24)6-22/h11-12,21-24H,1-8H2. The van der Waals surface area contributed by atoms with Gasteiger partial charge in [0, 0.05) is 22.0 Å². The Kier molecular flexibility index (Phi) is 16.6. The largest absolute Gasteiger partial charge is 0.464 e. The van der Waals surface area contributed by atoms with E-state index < -0.39 is 11.9 Å². The van der Waals surface area contributed by atoms with Crippen molar-refractivity contribution in [2.75, 3.05) is 36.2 Å². The highest BCUT2D eigenvalue weighted by molar-refractivity contribution is 8.77. The van der Waals surface area contributed by atoms with E-state index in [1.165, 1.54) is 0 Å². The Balaban J connectivity index is 3.77. The van der Waals surface area contributed by atoms with Crippen LogP contribution in [0.4, 0.5) is 0 Å². The maximum atomic E-state index is 11.6. The van der Waals surface area contributed by atoms with Crippen LogP contribution in [-0.4, -0.2) is 70.2 Å². The van der Waals surface area contributed by atoms with Crippen LogP contribution in [-0.2, 0) is 28.7 Å². The van der Waals surface area contributed by atoms with Crippen LogP contribution in [0.1, 0.15) is 12.8 Å². The highest BCUT2D eigenvalue weighted by Gasteiger charge is 2.15. The van der Waals surface area contributed by atoms with Crippen LogP contribution in [0.5, 0.6) is 0 Å². The smallest absolute Gasteiger partial charge is 0.313 e. The first-order chi connectivity index (χ1) is 12.3. The molecular formula is C14H22O6S6. The molecule has 0 rings (SSSR count). The Bertz CT molecular complexity index is 433. The summed E-state index contributed by atoms with van der Waals surface area (Å²) >= 11 is 16.2. The lowest BCUT2D eigenvalue weighted by atomic mass is 10.3. The molecule has 0 aliphatic carbocycles. The topological polar surface area (TPSA) is 86.7 Å². The second kappa shape index (κ2) is 16.3. The normalized spacial score (nSPS) is 12.9. The number of ketones is 2. The molecule has 0 bridgehead atoms. The maximum absolute atomic E-state index is 11.6. The summed E-state index contributed by atoms with van der Waals surface area (Å²) < 4.78 is 9.77. The van der Waals surface area contributed by atoms with Gasteiger partial charge in [-0.1, -0.05) is 21.6 Å². The number of hydrogen-bond donors (Lipinski definition) is 4. The lowest BCUT2D eigenvalue weighted by Gasteiger charge is -2.08. The predicted molar refractivity (Wildman–Crippen MR) is 119 cm³/mol. The number of ether oxygens (including phenoxy) is 2. The molecule has 26 heavy (non-hydrogen) atoms. The molecule has 0 fully saturated rings. The van der Waals surface area contributed by atoms with Gasteiger partial charge in [0.25, 0.3) is 0 Å². The monoisotopic (exact) mass is 478 g/mol. The van der Waals surface area contributed by atoms with Crippen LogP contribution < -0.4 is 0 Å². The lowest BCUT2D eigenvalue weighted by molar-refractivity contribution is -0.147. The van der Waals surface area contributed by atoms with Crippen LogP contribution in [0, 0.1) is 0 Å². The second-order valence-electron chi connectivity index (χ2n) is 4.99. The summed E-state index contributed by atoms with van der Waals surface area (Å²) in [6.07, 6.45) is -0.645. The molecule has 12 heteroatoms. The van der Waals surface area contributed by atoms with Gasteiger partial charge in [-0.3, -0.25) is 19.2 Å². The molecule has 0 aliphatic heterocycles. The maximum Gasteiger partial charge on any atom is 0.313 e. The third-order valence-electron chi connectivity index (χ3n) is 2.50. The van der Waals surface area contributed by atoms with E-state index in [1.54, 1.807) is 0 Å². The molecule has 150 valence electrons. The second-order valence-corrected chi connectivity index (χ2v) is 9.65. The van der Waals surface area contributed by atoms with Crippen molar-refractivity contribution in [3.63, 3.8) is 0 Å². The van der Waals surface area contributed by atoms with Crippen LogP contribution in [0.25, 0.3) is 0 Å². The Morgan fingerprint density at radius 2 is 1.08 bits per heavy atom. The average molecular weight is 479 g/mol. The van der Waals surface area contributed by atoms with E-state index in [0.29, 0.717) is 11.5 Å². The van der Waals surface area contributed by atoms with Crippen LogP contribution in [0.15, 0.2) is 0 Å². The molecule has 0 spiro atoms. The number of carbonyl (C=O) groups is 4. The van der Waals surface area contributed by atoms with Crippen molar-refractivity contribution < 1.29 is 28.7 Å². The van der Waals surface area contributed by atoms with Gasteiger partial charge in [-0.2, -0.15) is 50.5 Å². The van der Waals surface area contributed by atoms with Gasteiger partial charge >= 0.3 is 11.9 Å². The zero-order valence-corrected chi connectivity index (χ0v) is 19.1. The van der Waals surface area contributed by atoms with Crippen LogP contribution >= 0.6 is 72.1 Å². The Hall–Kier alpha value is 0.380. The fourth-order valence-corrected chi connectivity index (χ4v) is 3.51. The first-order valence-electron chi connectivity index (χ1n) is 7.45. The van der Waals surface area contributed by atoms with E-state index in [0.717, 1.165) is 21.6 Å². The number of hydrogen-bond acceptors (Lipinski definition) is 12. The minimum Gasteiger partial charge on any atom is -0.464 e. The molecule has 0 aromatic rings. The van der Waals surface area contributed by atoms with Crippen molar-refractivity contribution in [1.82, 2.24) is 0 Å². The molecule has 0 N–H and O–H groups in total. The van der Waals surface area contributed by atoms with Gasteiger partial charge in [-0.05, 0) is 0 Å². The fourth-order valence-electron chi connectivity index (χ4n) is 1.22. The number of rotatable bonds is 15. The van der Waals surface area contributed by atoms with Gasteiger partial charge in [0.05, 0.1) is 11.5 Å². The molecule has 6 nitrogen and oxygen atoms in total. The summed E-state index contributed by atoms with van der Waals surface area (Å²) in [5, 5.41) is -0.340. The molecule has 0 aromatic heterocycles. The Morgan fingerprint density at radius 3 is 1.38 bits per heavy atom. The molecule has 0 aromatic carbocycles. The molecule has 2 unspecified atom stereocenters. The lowest BCUT2D eigenvalue weighted by Crippen LogP contribution is -2.19. The van der Waals surface area contributed by atoms with Crippen molar-refractivity contribution in [2.24, 2.45) is 0 Å². The molecule has 0 amide bonds. The van der Waals surface area contributed by atoms with Gasteiger partial charge in [-0.25, -0.2) is 0 Å². The number of Topliss-reactive ketones (excluding diaryl/α,β-unsaturated/α-hetero) is 2. The van der Waals surface area contributed by atoms with E-state index in [1.807, 2.05) is 0 Å². The van der Waals surface area contributed by atoms with Crippen molar-refractivity contribution >= 4 is 95.6 Å². The van der Waals surface area contributed by atoms with Crippen LogP contribution in [0.2, 0.25) is 0 Å². The van der Waals surface area contributed by atoms with Gasteiger partial charge in [0.15, 0.2) is 11.6 Å². The summed E-state index contributed by atoms with van der Waals surface area (Å²) in [7, 11) is 2.29. The van der Waals surface area contributed by atoms with E-state index in [9.17, 15) is 19.2 Å². The molecule has 2 atom stereocenters. The minimum absolute atomic E-state index is 0.0671. The van der Waals surface area contributed by atoms with Gasteiger partial charge in [0.2, 0.25) is 0 Å². The zero-order valence-electron chi connectivity index (χ0n) is 13.9. The van der Waals surface area contributed by atoms with E-state index >= 15 is 0 Å². The van der Waals surface area contributed by atoms with E-state index in [4.69, 9.17) is 9.47 Å². The third-order valence-corrected chi connectivity index (χ3v) is 6.88. The first kappa shape index (κ1) is 26.4. The Labute approximate surface area is 183 Å². The van der Waals surface area contributed by atoms with Crippen molar-refractivity contribution in [2.45, 2.75) is 23.3 Å². The molecule has 0 heterocycles. The molecular weight excluding hydrogens is 457 g/mol. The molecule has 0 radical (unpaired) electrons. The van der Waals surface area contributed by atoms with Crippen LogP contribution in [0.3, 0.4) is 0 Å². The molecule has 0 saturated carbocycles. The van der Waals surface area contributed by atoms with Gasteiger partial charge in [0.1, 0.15) is 26.1 Å². The molecule has 0 aliphatic rings.